The molecule has 0 unspecified atom stereocenters. The summed E-state index contributed by atoms with van der Waals surface area (Å²) in [5, 5.41) is 0.754. The quantitative estimate of drug-likeness (QED) is 0.656. The van der Waals surface area contributed by atoms with Crippen molar-refractivity contribution in [2.24, 2.45) is 0 Å². The first-order chi connectivity index (χ1) is 12.4. The number of benzene rings is 2. The maximum atomic E-state index is 12.3. The molecule has 0 aliphatic heterocycles. The number of rotatable bonds is 7. The number of aryl methyl sites for hydroxylation is 1. The van der Waals surface area contributed by atoms with Crippen molar-refractivity contribution in [2.45, 2.75) is 13.8 Å². The third-order valence-electron chi connectivity index (χ3n) is 3.53. The summed E-state index contributed by atoms with van der Waals surface area (Å²) in [5.74, 6) is -0.657. The van der Waals surface area contributed by atoms with Gasteiger partial charge in [0, 0.05) is 17.3 Å². The summed E-state index contributed by atoms with van der Waals surface area (Å²) in [7, 11) is 0. The molecule has 0 spiro atoms. The highest BCUT2D eigenvalue weighted by Crippen LogP contribution is 2.27. The Morgan fingerprint density at radius 2 is 1.85 bits per heavy atom. The summed E-state index contributed by atoms with van der Waals surface area (Å²) >= 11 is 11.8. The van der Waals surface area contributed by atoms with Gasteiger partial charge >= 0.3 is 5.97 Å². The van der Waals surface area contributed by atoms with E-state index in [2.05, 4.69) is 0 Å². The summed E-state index contributed by atoms with van der Waals surface area (Å²) in [6.07, 6.45) is 0. The van der Waals surface area contributed by atoms with Gasteiger partial charge in [0.25, 0.3) is 5.91 Å². The Hall–Kier alpha value is -2.24. The number of hydrogen-bond acceptors (Lipinski definition) is 4. The van der Waals surface area contributed by atoms with E-state index < -0.39 is 5.97 Å². The first kappa shape index (κ1) is 20.1. The summed E-state index contributed by atoms with van der Waals surface area (Å²) < 4.78 is 10.3. The first-order valence-electron chi connectivity index (χ1n) is 8.01. The molecule has 0 heterocycles. The predicted octanol–water partition coefficient (Wildman–Crippen LogP) is 4.28. The molecule has 138 valence electrons. The Balaban J connectivity index is 1.86. The Morgan fingerprint density at radius 3 is 2.50 bits per heavy atom. The molecule has 1 amide bonds. The zero-order chi connectivity index (χ0) is 19.1. The average molecular weight is 396 g/mol. The summed E-state index contributed by atoms with van der Waals surface area (Å²) in [5.41, 5.74) is 1.80. The molecule has 2 aromatic rings. The molecule has 2 aromatic carbocycles. The lowest BCUT2D eigenvalue weighted by Crippen LogP contribution is -2.35. The second kappa shape index (κ2) is 9.46. The maximum absolute atomic E-state index is 12.3. The molecule has 5 nitrogen and oxygen atoms in total. The van der Waals surface area contributed by atoms with E-state index in [0.717, 1.165) is 11.3 Å². The molecule has 0 radical (unpaired) electrons. The molecule has 0 fully saturated rings. The van der Waals surface area contributed by atoms with Crippen LogP contribution in [0.4, 0.5) is 5.69 Å². The second-order valence-corrected chi connectivity index (χ2v) is 6.34. The van der Waals surface area contributed by atoms with Crippen molar-refractivity contribution in [3.05, 3.63) is 58.1 Å². The molecular formula is C19H19Cl2NO4. The van der Waals surface area contributed by atoms with Gasteiger partial charge in [-0.15, -0.1) is 0 Å². The van der Waals surface area contributed by atoms with Crippen molar-refractivity contribution in [3.8, 4) is 5.75 Å². The fourth-order valence-corrected chi connectivity index (χ4v) is 2.75. The lowest BCUT2D eigenvalue weighted by atomic mass is 10.2. The van der Waals surface area contributed by atoms with Crippen LogP contribution in [-0.4, -0.2) is 31.6 Å². The molecular weight excluding hydrogens is 377 g/mol. The Morgan fingerprint density at radius 1 is 1.08 bits per heavy atom. The SMILES string of the molecule is CCN(C(=O)COC(=O)COc1ccc(Cl)cc1Cl)c1cccc(C)c1. The van der Waals surface area contributed by atoms with Crippen molar-refractivity contribution in [2.75, 3.05) is 24.7 Å². The molecule has 0 aliphatic rings. The molecule has 0 bridgehead atoms. The van der Waals surface area contributed by atoms with E-state index >= 15 is 0 Å². The number of carbonyl (C=O) groups is 2. The van der Waals surface area contributed by atoms with Gasteiger partial charge in [0.05, 0.1) is 5.02 Å². The van der Waals surface area contributed by atoms with Crippen molar-refractivity contribution in [1.29, 1.82) is 0 Å². The normalized spacial score (nSPS) is 10.3. The smallest absolute Gasteiger partial charge is 0.344 e. The first-order valence-corrected chi connectivity index (χ1v) is 8.76. The topological polar surface area (TPSA) is 55.8 Å². The lowest BCUT2D eigenvalue weighted by molar-refractivity contribution is -0.149. The second-order valence-electron chi connectivity index (χ2n) is 5.50. The van der Waals surface area contributed by atoms with Gasteiger partial charge in [0.2, 0.25) is 0 Å². The van der Waals surface area contributed by atoms with Crippen LogP contribution in [0.1, 0.15) is 12.5 Å². The lowest BCUT2D eigenvalue weighted by Gasteiger charge is -2.21. The van der Waals surface area contributed by atoms with Gasteiger partial charge in [0.15, 0.2) is 13.2 Å². The zero-order valence-corrected chi connectivity index (χ0v) is 16.0. The molecule has 0 saturated heterocycles. The van der Waals surface area contributed by atoms with Crippen molar-refractivity contribution >= 4 is 40.8 Å². The third kappa shape index (κ3) is 5.64. The van der Waals surface area contributed by atoms with Gasteiger partial charge in [-0.25, -0.2) is 4.79 Å². The van der Waals surface area contributed by atoms with Crippen LogP contribution in [0.15, 0.2) is 42.5 Å². The monoisotopic (exact) mass is 395 g/mol. The predicted molar refractivity (Wildman–Crippen MR) is 102 cm³/mol. The highest BCUT2D eigenvalue weighted by atomic mass is 35.5. The number of esters is 1. The average Bonchev–Trinajstić information content (AvgIpc) is 2.60. The Kier molecular flexibility index (Phi) is 7.30. The molecule has 0 N–H and O–H groups in total. The van der Waals surface area contributed by atoms with Gasteiger partial charge in [-0.3, -0.25) is 4.79 Å². The van der Waals surface area contributed by atoms with Gasteiger partial charge in [-0.1, -0.05) is 35.3 Å². The number of hydrogen-bond donors (Lipinski definition) is 0. The number of ether oxygens (including phenoxy) is 2. The largest absolute Gasteiger partial charge is 0.480 e. The molecule has 7 heteroatoms. The van der Waals surface area contributed by atoms with E-state index in [1.807, 2.05) is 38.1 Å². The van der Waals surface area contributed by atoms with E-state index in [9.17, 15) is 9.59 Å². The van der Waals surface area contributed by atoms with Crippen LogP contribution in [0.5, 0.6) is 5.75 Å². The Bertz CT molecular complexity index is 795. The van der Waals surface area contributed by atoms with Crippen molar-refractivity contribution in [3.63, 3.8) is 0 Å². The minimum absolute atomic E-state index is 0.290. The Labute approximate surface area is 162 Å². The van der Waals surface area contributed by atoms with Gasteiger partial charge in [-0.05, 0) is 49.7 Å². The minimum atomic E-state index is -0.662. The number of anilines is 1. The van der Waals surface area contributed by atoms with Crippen molar-refractivity contribution in [1.82, 2.24) is 0 Å². The molecule has 0 atom stereocenters. The van der Waals surface area contributed by atoms with Crippen LogP contribution >= 0.6 is 23.2 Å². The molecule has 26 heavy (non-hydrogen) atoms. The fraction of sp³-hybridized carbons (Fsp3) is 0.263. The number of likely N-dealkylation sites (N-methyl/N-ethyl adjacent to an activating group) is 1. The molecule has 2 rings (SSSR count). The van der Waals surface area contributed by atoms with Crippen LogP contribution in [0.2, 0.25) is 10.0 Å². The van der Waals surface area contributed by atoms with Gasteiger partial charge in [-0.2, -0.15) is 0 Å². The minimum Gasteiger partial charge on any atom is -0.480 e. The van der Waals surface area contributed by atoms with Gasteiger partial charge < -0.3 is 14.4 Å². The number of nitrogens with zero attached hydrogens (tertiary/aromatic N) is 1. The van der Waals surface area contributed by atoms with E-state index in [1.165, 1.54) is 6.07 Å². The summed E-state index contributed by atoms with van der Waals surface area (Å²) in [4.78, 5) is 25.7. The van der Waals surface area contributed by atoms with Gasteiger partial charge in [0.1, 0.15) is 5.75 Å². The van der Waals surface area contributed by atoms with E-state index in [4.69, 9.17) is 32.7 Å². The van der Waals surface area contributed by atoms with E-state index in [1.54, 1.807) is 17.0 Å². The molecule has 0 aromatic heterocycles. The maximum Gasteiger partial charge on any atom is 0.344 e. The highest BCUT2D eigenvalue weighted by Gasteiger charge is 2.16. The van der Waals surface area contributed by atoms with Crippen molar-refractivity contribution < 1.29 is 19.1 Å². The summed E-state index contributed by atoms with van der Waals surface area (Å²) in [6.45, 7) is 3.55. The third-order valence-corrected chi connectivity index (χ3v) is 4.06. The molecule has 0 saturated carbocycles. The number of halogens is 2. The number of carbonyl (C=O) groups excluding carboxylic acids is 2. The van der Waals surface area contributed by atoms with Crippen LogP contribution in [0.25, 0.3) is 0 Å². The van der Waals surface area contributed by atoms with Crippen LogP contribution in [0, 0.1) is 6.92 Å². The zero-order valence-electron chi connectivity index (χ0n) is 14.5. The van der Waals surface area contributed by atoms with Crippen LogP contribution in [-0.2, 0) is 14.3 Å². The highest BCUT2D eigenvalue weighted by molar-refractivity contribution is 6.35. The fourth-order valence-electron chi connectivity index (χ4n) is 2.29. The van der Waals surface area contributed by atoms with Crippen LogP contribution < -0.4 is 9.64 Å². The number of amides is 1. The van der Waals surface area contributed by atoms with E-state index in [0.29, 0.717) is 17.3 Å². The summed E-state index contributed by atoms with van der Waals surface area (Å²) in [6, 6.07) is 12.2. The van der Waals surface area contributed by atoms with Crippen LogP contribution in [0.3, 0.4) is 0 Å². The molecule has 0 aliphatic carbocycles. The van der Waals surface area contributed by atoms with E-state index in [-0.39, 0.29) is 24.1 Å². The standard InChI is InChI=1S/C19H19Cl2NO4/c1-3-22(15-6-4-5-13(2)9-15)18(23)11-26-19(24)12-25-17-8-7-14(20)10-16(17)21/h4-10H,3,11-12H2,1-2H3.